The fourth-order valence-corrected chi connectivity index (χ4v) is 2.20. The van der Waals surface area contributed by atoms with Crippen molar-refractivity contribution in [2.24, 2.45) is 5.73 Å². The van der Waals surface area contributed by atoms with Gasteiger partial charge in [0.15, 0.2) is 0 Å². The van der Waals surface area contributed by atoms with Gasteiger partial charge in [0.2, 0.25) is 0 Å². The average molecular weight is 263 g/mol. The number of nitrogens with one attached hydrogen (secondary N) is 1. The van der Waals surface area contributed by atoms with Crippen molar-refractivity contribution in [3.05, 3.63) is 29.8 Å². The third-order valence-corrected chi connectivity index (χ3v) is 3.25. The highest BCUT2D eigenvalue weighted by Crippen LogP contribution is 2.10. The van der Waals surface area contributed by atoms with Gasteiger partial charge in [-0.05, 0) is 43.6 Å². The Bertz CT molecular complexity index is 417. The van der Waals surface area contributed by atoms with E-state index in [1.54, 1.807) is 0 Å². The van der Waals surface area contributed by atoms with E-state index in [-0.39, 0.29) is 0 Å². The number of carbonyl (C=O) groups is 1. The van der Waals surface area contributed by atoms with E-state index in [0.29, 0.717) is 18.8 Å². The topological polar surface area (TPSA) is 67.6 Å². The van der Waals surface area contributed by atoms with Crippen LogP contribution in [0.4, 0.5) is 10.5 Å². The fourth-order valence-electron chi connectivity index (χ4n) is 2.20. The summed E-state index contributed by atoms with van der Waals surface area (Å²) in [7, 11) is 0. The molecule has 0 aliphatic carbocycles. The molecule has 0 atom stereocenters. The van der Waals surface area contributed by atoms with E-state index in [0.717, 1.165) is 25.2 Å². The van der Waals surface area contributed by atoms with Crippen molar-refractivity contribution < 1.29 is 9.53 Å². The second-order valence-corrected chi connectivity index (χ2v) is 4.71. The van der Waals surface area contributed by atoms with Crippen LogP contribution in [0.25, 0.3) is 0 Å². The van der Waals surface area contributed by atoms with Crippen LogP contribution in [-0.4, -0.2) is 37.2 Å². The molecule has 0 spiro atoms. The minimum Gasteiger partial charge on any atom is -0.448 e. The number of ether oxygens (including phenoxy) is 1. The number of carbonyl (C=O) groups excluding carboxylic acids is 1. The van der Waals surface area contributed by atoms with E-state index in [4.69, 9.17) is 10.5 Å². The Hall–Kier alpha value is -1.59. The Morgan fingerprint density at radius 3 is 2.89 bits per heavy atom. The number of anilines is 1. The lowest BCUT2D eigenvalue weighted by molar-refractivity contribution is 0.146. The van der Waals surface area contributed by atoms with Gasteiger partial charge in [-0.3, -0.25) is 10.2 Å². The Morgan fingerprint density at radius 2 is 2.16 bits per heavy atom. The van der Waals surface area contributed by atoms with Gasteiger partial charge in [-0.2, -0.15) is 0 Å². The molecule has 1 heterocycles. The first kappa shape index (κ1) is 13.8. The van der Waals surface area contributed by atoms with Crippen molar-refractivity contribution in [1.29, 1.82) is 0 Å². The van der Waals surface area contributed by atoms with Gasteiger partial charge in [-0.15, -0.1) is 0 Å². The monoisotopic (exact) mass is 263 g/mol. The smallest absolute Gasteiger partial charge is 0.411 e. The summed E-state index contributed by atoms with van der Waals surface area (Å²) in [5, 5.41) is 2.71. The standard InChI is InChI=1S/C14H21N3O2/c15-11-12-4-3-5-13(10-12)16-14(18)19-9-8-17-6-1-2-7-17/h3-5,10H,1-2,6-9,11,15H2,(H,16,18). The van der Waals surface area contributed by atoms with E-state index >= 15 is 0 Å². The van der Waals surface area contributed by atoms with Crippen molar-refractivity contribution in [2.45, 2.75) is 19.4 Å². The van der Waals surface area contributed by atoms with E-state index in [9.17, 15) is 4.79 Å². The summed E-state index contributed by atoms with van der Waals surface area (Å²) in [5.41, 5.74) is 7.25. The number of likely N-dealkylation sites (tertiary alicyclic amines) is 1. The first-order chi connectivity index (χ1) is 9.28. The molecule has 3 N–H and O–H groups in total. The molecule has 1 aromatic rings. The average Bonchev–Trinajstić information content (AvgIpc) is 2.92. The molecule has 0 aromatic heterocycles. The second kappa shape index (κ2) is 7.11. The molecular formula is C14H21N3O2. The summed E-state index contributed by atoms with van der Waals surface area (Å²) in [5.74, 6) is 0. The fraction of sp³-hybridized carbons (Fsp3) is 0.500. The van der Waals surface area contributed by atoms with Gasteiger partial charge in [0.1, 0.15) is 6.61 Å². The van der Waals surface area contributed by atoms with Gasteiger partial charge in [0.25, 0.3) is 0 Å². The van der Waals surface area contributed by atoms with Crippen molar-refractivity contribution in [3.8, 4) is 0 Å². The highest BCUT2D eigenvalue weighted by molar-refractivity contribution is 5.84. The van der Waals surface area contributed by atoms with Crippen molar-refractivity contribution in [1.82, 2.24) is 4.90 Å². The molecule has 1 aliphatic rings. The maximum Gasteiger partial charge on any atom is 0.411 e. The van der Waals surface area contributed by atoms with Gasteiger partial charge < -0.3 is 10.5 Å². The molecule has 1 aromatic carbocycles. The molecule has 5 nitrogen and oxygen atoms in total. The number of hydrogen-bond donors (Lipinski definition) is 2. The molecule has 0 saturated carbocycles. The Kier molecular flexibility index (Phi) is 5.18. The maximum atomic E-state index is 11.6. The zero-order chi connectivity index (χ0) is 13.5. The Balaban J connectivity index is 1.70. The summed E-state index contributed by atoms with van der Waals surface area (Å²) < 4.78 is 5.16. The molecule has 0 radical (unpaired) electrons. The summed E-state index contributed by atoms with van der Waals surface area (Å²) in [6.45, 7) is 3.94. The highest BCUT2D eigenvalue weighted by atomic mass is 16.5. The number of nitrogens with zero attached hydrogens (tertiary/aromatic N) is 1. The Labute approximate surface area is 113 Å². The second-order valence-electron chi connectivity index (χ2n) is 4.71. The van der Waals surface area contributed by atoms with Gasteiger partial charge in [0.05, 0.1) is 0 Å². The molecule has 1 saturated heterocycles. The highest BCUT2D eigenvalue weighted by Gasteiger charge is 2.11. The molecule has 0 unspecified atom stereocenters. The minimum absolute atomic E-state index is 0.409. The van der Waals surface area contributed by atoms with Crippen LogP contribution >= 0.6 is 0 Å². The first-order valence-corrected chi connectivity index (χ1v) is 6.73. The van der Waals surface area contributed by atoms with Crippen LogP contribution in [0.1, 0.15) is 18.4 Å². The van der Waals surface area contributed by atoms with Crippen molar-refractivity contribution >= 4 is 11.8 Å². The van der Waals surface area contributed by atoms with Crippen LogP contribution in [0.3, 0.4) is 0 Å². The number of rotatable bonds is 5. The SMILES string of the molecule is NCc1cccc(NC(=O)OCCN2CCCC2)c1. The molecular weight excluding hydrogens is 242 g/mol. The summed E-state index contributed by atoms with van der Waals surface area (Å²) in [6.07, 6.45) is 2.09. The molecule has 1 aliphatic heterocycles. The van der Waals surface area contributed by atoms with Crippen LogP contribution in [0.5, 0.6) is 0 Å². The van der Waals surface area contributed by atoms with Gasteiger partial charge >= 0.3 is 6.09 Å². The van der Waals surface area contributed by atoms with E-state index in [1.807, 2.05) is 24.3 Å². The first-order valence-electron chi connectivity index (χ1n) is 6.73. The van der Waals surface area contributed by atoms with Crippen LogP contribution < -0.4 is 11.1 Å². The quantitative estimate of drug-likeness (QED) is 0.850. The molecule has 0 bridgehead atoms. The van der Waals surface area contributed by atoms with Crippen LogP contribution in [0.15, 0.2) is 24.3 Å². The van der Waals surface area contributed by atoms with E-state index in [1.165, 1.54) is 12.8 Å². The third-order valence-electron chi connectivity index (χ3n) is 3.25. The number of hydrogen-bond acceptors (Lipinski definition) is 4. The molecule has 1 amide bonds. The molecule has 5 heteroatoms. The summed E-state index contributed by atoms with van der Waals surface area (Å²) in [4.78, 5) is 13.9. The molecule has 2 rings (SSSR count). The number of benzene rings is 1. The lowest BCUT2D eigenvalue weighted by Gasteiger charge is -2.14. The number of nitrogens with two attached hydrogens (primary N) is 1. The molecule has 1 fully saturated rings. The van der Waals surface area contributed by atoms with E-state index < -0.39 is 6.09 Å². The lowest BCUT2D eigenvalue weighted by atomic mass is 10.2. The summed E-state index contributed by atoms with van der Waals surface area (Å²) >= 11 is 0. The summed E-state index contributed by atoms with van der Waals surface area (Å²) in [6, 6.07) is 7.45. The van der Waals surface area contributed by atoms with Gasteiger partial charge in [0, 0.05) is 18.8 Å². The largest absolute Gasteiger partial charge is 0.448 e. The maximum absolute atomic E-state index is 11.6. The Morgan fingerprint density at radius 1 is 1.37 bits per heavy atom. The van der Waals surface area contributed by atoms with E-state index in [2.05, 4.69) is 10.2 Å². The van der Waals surface area contributed by atoms with Gasteiger partial charge in [-0.1, -0.05) is 12.1 Å². The lowest BCUT2D eigenvalue weighted by Crippen LogP contribution is -2.26. The third kappa shape index (κ3) is 4.54. The number of amides is 1. The van der Waals surface area contributed by atoms with Gasteiger partial charge in [-0.25, -0.2) is 4.79 Å². The molecule has 104 valence electrons. The van der Waals surface area contributed by atoms with Crippen molar-refractivity contribution in [3.63, 3.8) is 0 Å². The zero-order valence-corrected chi connectivity index (χ0v) is 11.1. The zero-order valence-electron chi connectivity index (χ0n) is 11.1. The van der Waals surface area contributed by atoms with Crippen LogP contribution in [-0.2, 0) is 11.3 Å². The minimum atomic E-state index is -0.409. The van der Waals surface area contributed by atoms with Crippen LogP contribution in [0.2, 0.25) is 0 Å². The molecule has 19 heavy (non-hydrogen) atoms. The van der Waals surface area contributed by atoms with Crippen LogP contribution in [0, 0.1) is 0 Å². The predicted molar refractivity (Wildman–Crippen MR) is 75.0 cm³/mol. The predicted octanol–water partition coefficient (Wildman–Crippen LogP) is 1.79. The van der Waals surface area contributed by atoms with Crippen molar-refractivity contribution in [2.75, 3.05) is 31.6 Å². The normalized spacial score (nSPS) is 15.4.